The van der Waals surface area contributed by atoms with Crippen LogP contribution in [0.3, 0.4) is 0 Å². The average Bonchev–Trinajstić information content (AvgIpc) is 2.62. The van der Waals surface area contributed by atoms with Gasteiger partial charge in [0.2, 0.25) is 0 Å². The van der Waals surface area contributed by atoms with Gasteiger partial charge in [0.25, 0.3) is 5.91 Å². The predicted molar refractivity (Wildman–Crippen MR) is 120 cm³/mol. The van der Waals surface area contributed by atoms with Crippen LogP contribution in [0, 0.1) is 23.8 Å². The number of aliphatic carboxylic acids is 1. The summed E-state index contributed by atoms with van der Waals surface area (Å²) in [6.07, 6.45) is 0.380. The summed E-state index contributed by atoms with van der Waals surface area (Å²) in [7, 11) is 0. The monoisotopic (exact) mass is 439 g/mol. The second-order valence-electron chi connectivity index (χ2n) is 9.00. The lowest BCUT2D eigenvalue weighted by Crippen LogP contribution is -2.62. The Hall–Kier alpha value is -3.65. The molecule has 0 unspecified atom stereocenters. The number of rotatable bonds is 5. The third-order valence-electron chi connectivity index (χ3n) is 4.55. The fraction of sp³-hybridized carbons (Fsp3) is 0.458. The Morgan fingerprint density at radius 2 is 1.69 bits per heavy atom. The molecule has 170 valence electrons. The summed E-state index contributed by atoms with van der Waals surface area (Å²) >= 11 is 0. The van der Waals surface area contributed by atoms with Crippen LogP contribution in [0.4, 0.5) is 4.79 Å². The van der Waals surface area contributed by atoms with Crippen molar-refractivity contribution in [1.82, 2.24) is 15.5 Å². The molecule has 0 aliphatic carbocycles. The number of nitrogens with one attached hydrogen (secondary N) is 2. The van der Waals surface area contributed by atoms with Gasteiger partial charge in [-0.05, 0) is 71.2 Å². The zero-order valence-electron chi connectivity index (χ0n) is 19.0. The standard InChI is InChI=1S/C24H29N3O5/c1-23(2,3)32-22(31)26-24(4,5)19(21(29)30)25-20(28)18-12-10-17(11-13-18)9-6-7-14-27-15-8-16-27/h10-13,19H,8,15-16H2,1-5H3,(H,25,28)(H,26,31)(H,29,30)/t19-/m1/s1. The van der Waals surface area contributed by atoms with Crippen LogP contribution < -0.4 is 10.6 Å². The number of carbonyl (C=O) groups is 3. The van der Waals surface area contributed by atoms with Crippen LogP contribution in [0.1, 0.15) is 57.0 Å². The van der Waals surface area contributed by atoms with Gasteiger partial charge in [0.1, 0.15) is 11.6 Å². The van der Waals surface area contributed by atoms with E-state index in [1.807, 2.05) is 4.90 Å². The van der Waals surface area contributed by atoms with Gasteiger partial charge in [-0.2, -0.15) is 0 Å². The Kier molecular flexibility index (Phi) is 7.77. The van der Waals surface area contributed by atoms with Gasteiger partial charge >= 0.3 is 12.1 Å². The molecule has 1 aliphatic heterocycles. The minimum absolute atomic E-state index is 0.265. The van der Waals surface area contributed by atoms with E-state index in [1.165, 1.54) is 13.8 Å². The van der Waals surface area contributed by atoms with E-state index in [-0.39, 0.29) is 5.56 Å². The minimum atomic E-state index is -1.39. The molecular formula is C24H29N3O5. The van der Waals surface area contributed by atoms with Gasteiger partial charge in [-0.25, -0.2) is 9.59 Å². The van der Waals surface area contributed by atoms with Gasteiger partial charge in [0.05, 0.1) is 5.54 Å². The lowest BCUT2D eigenvalue weighted by atomic mass is 9.94. The van der Waals surface area contributed by atoms with Crippen molar-refractivity contribution in [2.24, 2.45) is 0 Å². The van der Waals surface area contributed by atoms with Gasteiger partial charge in [-0.15, -0.1) is 0 Å². The number of hydrogen-bond acceptors (Lipinski definition) is 5. The van der Waals surface area contributed by atoms with E-state index in [1.54, 1.807) is 45.0 Å². The molecular weight excluding hydrogens is 410 g/mol. The van der Waals surface area contributed by atoms with Crippen LogP contribution in [0.25, 0.3) is 0 Å². The summed E-state index contributed by atoms with van der Waals surface area (Å²) in [5, 5.41) is 14.6. The van der Waals surface area contributed by atoms with Gasteiger partial charge < -0.3 is 25.4 Å². The quantitative estimate of drug-likeness (QED) is 0.607. The number of alkyl carbamates (subject to hydrolysis) is 1. The first-order valence-corrected chi connectivity index (χ1v) is 10.3. The van der Waals surface area contributed by atoms with E-state index in [4.69, 9.17) is 4.74 Å². The molecule has 8 heteroatoms. The van der Waals surface area contributed by atoms with Gasteiger partial charge in [-0.1, -0.05) is 5.92 Å². The summed E-state index contributed by atoms with van der Waals surface area (Å²) in [4.78, 5) is 38.5. The Morgan fingerprint density at radius 1 is 1.06 bits per heavy atom. The van der Waals surface area contributed by atoms with E-state index in [9.17, 15) is 19.5 Å². The lowest BCUT2D eigenvalue weighted by molar-refractivity contribution is -0.141. The molecule has 1 atom stereocenters. The number of hydrogen-bond donors (Lipinski definition) is 3. The second-order valence-corrected chi connectivity index (χ2v) is 9.00. The molecule has 1 saturated heterocycles. The smallest absolute Gasteiger partial charge is 0.408 e. The predicted octanol–water partition coefficient (Wildman–Crippen LogP) is 2.19. The molecule has 1 fully saturated rings. The molecule has 0 aromatic heterocycles. The summed E-state index contributed by atoms with van der Waals surface area (Å²) in [6, 6.07) is 7.97. The molecule has 3 N–H and O–H groups in total. The SMILES string of the molecule is CC(C)(C)OC(=O)NC(C)(C)[C@H](NC(=O)c1ccc(C#CC#CN2CCC2)cc1)C(=O)O. The first kappa shape index (κ1) is 24.6. The molecule has 2 rings (SSSR count). The number of carboxylic acid groups (broad SMARTS) is 1. The Morgan fingerprint density at radius 3 is 2.19 bits per heavy atom. The first-order valence-electron chi connectivity index (χ1n) is 10.3. The van der Waals surface area contributed by atoms with E-state index < -0.39 is 35.2 Å². The van der Waals surface area contributed by atoms with E-state index >= 15 is 0 Å². The molecule has 2 amide bonds. The number of benzene rings is 1. The molecule has 0 radical (unpaired) electrons. The van der Waals surface area contributed by atoms with Crippen molar-refractivity contribution >= 4 is 18.0 Å². The largest absolute Gasteiger partial charge is 0.480 e. The highest BCUT2D eigenvalue weighted by molar-refractivity contribution is 5.97. The summed E-state index contributed by atoms with van der Waals surface area (Å²) in [6.45, 7) is 10.0. The van der Waals surface area contributed by atoms with Crippen LogP contribution in [0.2, 0.25) is 0 Å². The van der Waals surface area contributed by atoms with Crippen molar-refractivity contribution < 1.29 is 24.2 Å². The van der Waals surface area contributed by atoms with Crippen molar-refractivity contribution in [1.29, 1.82) is 0 Å². The number of likely N-dealkylation sites (tertiary alicyclic amines) is 1. The van der Waals surface area contributed by atoms with Gasteiger partial charge in [-0.3, -0.25) is 4.79 Å². The second kappa shape index (κ2) is 10.1. The first-order chi connectivity index (χ1) is 14.9. The minimum Gasteiger partial charge on any atom is -0.480 e. The van der Waals surface area contributed by atoms with Crippen molar-refractivity contribution in [2.75, 3.05) is 13.1 Å². The molecule has 0 spiro atoms. The molecule has 1 aliphatic rings. The number of ether oxygens (including phenoxy) is 1. The van der Waals surface area contributed by atoms with Crippen molar-refractivity contribution in [3.63, 3.8) is 0 Å². The normalized spacial score (nSPS) is 13.8. The fourth-order valence-electron chi connectivity index (χ4n) is 2.75. The number of carbonyl (C=O) groups excluding carboxylic acids is 2. The van der Waals surface area contributed by atoms with E-state index in [0.717, 1.165) is 19.5 Å². The van der Waals surface area contributed by atoms with Crippen molar-refractivity contribution in [3.8, 4) is 23.8 Å². The van der Waals surface area contributed by atoms with Crippen molar-refractivity contribution in [3.05, 3.63) is 35.4 Å². The molecule has 32 heavy (non-hydrogen) atoms. The third-order valence-corrected chi connectivity index (χ3v) is 4.55. The van der Waals surface area contributed by atoms with Crippen LogP contribution in [-0.4, -0.2) is 58.2 Å². The molecule has 8 nitrogen and oxygen atoms in total. The fourth-order valence-corrected chi connectivity index (χ4v) is 2.75. The molecule has 0 bridgehead atoms. The van der Waals surface area contributed by atoms with E-state index in [0.29, 0.717) is 5.56 Å². The molecule has 1 aromatic rings. The highest BCUT2D eigenvalue weighted by atomic mass is 16.6. The molecule has 1 aromatic carbocycles. The number of carboxylic acids is 1. The topological polar surface area (TPSA) is 108 Å². The Labute approximate surface area is 188 Å². The van der Waals surface area contributed by atoms with Crippen LogP contribution in [0.15, 0.2) is 24.3 Å². The maximum atomic E-state index is 12.6. The van der Waals surface area contributed by atoms with Gasteiger partial charge in [0.15, 0.2) is 0 Å². The van der Waals surface area contributed by atoms with E-state index in [2.05, 4.69) is 34.4 Å². The maximum absolute atomic E-state index is 12.6. The Bertz CT molecular complexity index is 981. The van der Waals surface area contributed by atoms with Crippen LogP contribution in [0.5, 0.6) is 0 Å². The highest BCUT2D eigenvalue weighted by Crippen LogP contribution is 2.14. The maximum Gasteiger partial charge on any atom is 0.408 e. The Balaban J connectivity index is 2.03. The summed E-state index contributed by atoms with van der Waals surface area (Å²) < 4.78 is 5.19. The third kappa shape index (κ3) is 7.55. The summed E-state index contributed by atoms with van der Waals surface area (Å²) in [5.41, 5.74) is -1.11. The van der Waals surface area contributed by atoms with Gasteiger partial charge in [0, 0.05) is 36.2 Å². The average molecular weight is 440 g/mol. The molecule has 0 saturated carbocycles. The van der Waals surface area contributed by atoms with Crippen LogP contribution in [-0.2, 0) is 9.53 Å². The summed E-state index contributed by atoms with van der Waals surface area (Å²) in [5.74, 6) is 6.57. The zero-order chi connectivity index (χ0) is 23.9. The number of amides is 2. The zero-order valence-corrected chi connectivity index (χ0v) is 19.0. The van der Waals surface area contributed by atoms with Crippen molar-refractivity contribution in [2.45, 2.75) is 58.2 Å². The van der Waals surface area contributed by atoms with Crippen LogP contribution >= 0.6 is 0 Å². The number of nitrogens with zero attached hydrogens (tertiary/aromatic N) is 1. The lowest BCUT2D eigenvalue weighted by Gasteiger charge is -2.33. The highest BCUT2D eigenvalue weighted by Gasteiger charge is 2.39. The molecule has 1 heterocycles.